The minimum Gasteiger partial charge on any atom is -0.494 e. The lowest BCUT2D eigenvalue weighted by Crippen LogP contribution is -1.87. The summed E-state index contributed by atoms with van der Waals surface area (Å²) in [4.78, 5) is 8.11. The highest BCUT2D eigenvalue weighted by atomic mass is 16.5. The van der Waals surface area contributed by atoms with Gasteiger partial charge >= 0.3 is 0 Å². The third-order valence-corrected chi connectivity index (χ3v) is 4.28. The lowest BCUT2D eigenvalue weighted by atomic mass is 10.0. The number of rotatable bonds is 1. The molecule has 2 aromatic heterocycles. The highest BCUT2D eigenvalue weighted by Gasteiger charge is 2.14. The summed E-state index contributed by atoms with van der Waals surface area (Å²) in [5.41, 5.74) is 4.40. The van der Waals surface area contributed by atoms with Crippen LogP contribution in [-0.4, -0.2) is 17.1 Å². The minimum atomic E-state index is 0.829. The Morgan fingerprint density at radius 3 is 2.62 bits per heavy atom. The van der Waals surface area contributed by atoms with E-state index in [1.165, 1.54) is 27.4 Å². The number of H-pyrrole nitrogens is 1. The zero-order valence-electron chi connectivity index (χ0n) is 12.3. The Morgan fingerprint density at radius 2 is 1.81 bits per heavy atom. The quantitative estimate of drug-likeness (QED) is 0.556. The lowest BCUT2D eigenvalue weighted by Gasteiger charge is -2.06. The van der Waals surface area contributed by atoms with Crippen molar-refractivity contribution in [2.45, 2.75) is 13.8 Å². The van der Waals surface area contributed by atoms with Gasteiger partial charge in [0.15, 0.2) is 0 Å². The van der Waals surface area contributed by atoms with Gasteiger partial charge in [-0.3, -0.25) is 0 Å². The topological polar surface area (TPSA) is 37.9 Å². The number of methoxy groups -OCH3 is 1. The zero-order chi connectivity index (χ0) is 14.6. The van der Waals surface area contributed by atoms with Crippen LogP contribution >= 0.6 is 0 Å². The van der Waals surface area contributed by atoms with Gasteiger partial charge in [-0.05, 0) is 43.0 Å². The van der Waals surface area contributed by atoms with Crippen LogP contribution in [0.2, 0.25) is 0 Å². The second-order valence-corrected chi connectivity index (χ2v) is 5.43. The molecule has 21 heavy (non-hydrogen) atoms. The summed E-state index contributed by atoms with van der Waals surface area (Å²) in [6.07, 6.45) is 1.99. The predicted molar refractivity (Wildman–Crippen MR) is 87.1 cm³/mol. The molecule has 0 saturated carbocycles. The zero-order valence-corrected chi connectivity index (χ0v) is 12.3. The lowest BCUT2D eigenvalue weighted by molar-refractivity contribution is 0.419. The Labute approximate surface area is 122 Å². The predicted octanol–water partition coefficient (Wildman–Crippen LogP) is 4.49. The molecule has 0 unspecified atom stereocenters. The van der Waals surface area contributed by atoms with Gasteiger partial charge < -0.3 is 9.72 Å². The van der Waals surface area contributed by atoms with Gasteiger partial charge in [0.25, 0.3) is 0 Å². The molecule has 0 spiro atoms. The molecule has 0 aliphatic rings. The van der Waals surface area contributed by atoms with Gasteiger partial charge in [-0.1, -0.05) is 12.1 Å². The van der Waals surface area contributed by atoms with Crippen LogP contribution in [0.3, 0.4) is 0 Å². The molecular formula is C18H16N2O. The molecule has 0 amide bonds. The van der Waals surface area contributed by atoms with Crippen molar-refractivity contribution in [2.75, 3.05) is 7.11 Å². The number of hydrogen-bond acceptors (Lipinski definition) is 2. The van der Waals surface area contributed by atoms with Crippen LogP contribution in [0.25, 0.3) is 32.6 Å². The number of aromatic nitrogens is 2. The number of nitrogens with one attached hydrogen (secondary N) is 1. The summed E-state index contributed by atoms with van der Waals surface area (Å²) in [6, 6.07) is 10.4. The summed E-state index contributed by atoms with van der Waals surface area (Å²) in [5.74, 6) is 0.829. The Morgan fingerprint density at radius 1 is 0.952 bits per heavy atom. The Balaban J connectivity index is 2.28. The van der Waals surface area contributed by atoms with Crippen molar-refractivity contribution in [3.63, 3.8) is 0 Å². The number of para-hydroxylation sites is 1. The van der Waals surface area contributed by atoms with Crippen LogP contribution in [0.15, 0.2) is 36.5 Å². The average Bonchev–Trinajstić information content (AvgIpc) is 2.88. The molecule has 0 aliphatic heterocycles. The molecule has 104 valence electrons. The highest BCUT2D eigenvalue weighted by molar-refractivity contribution is 6.15. The number of benzene rings is 2. The van der Waals surface area contributed by atoms with E-state index in [9.17, 15) is 0 Å². The molecule has 2 aromatic carbocycles. The summed E-state index contributed by atoms with van der Waals surface area (Å²) in [7, 11) is 1.69. The van der Waals surface area contributed by atoms with Crippen LogP contribution in [0.4, 0.5) is 0 Å². The molecule has 0 bridgehead atoms. The Bertz CT molecular complexity index is 999. The molecule has 3 heteroatoms. The van der Waals surface area contributed by atoms with Crippen molar-refractivity contribution < 1.29 is 4.74 Å². The van der Waals surface area contributed by atoms with E-state index in [1.54, 1.807) is 7.11 Å². The van der Waals surface area contributed by atoms with E-state index in [2.05, 4.69) is 37.0 Å². The number of ether oxygens (including phenoxy) is 1. The summed E-state index contributed by atoms with van der Waals surface area (Å²) in [6.45, 7) is 4.25. The first-order chi connectivity index (χ1) is 10.2. The van der Waals surface area contributed by atoms with Gasteiger partial charge in [-0.15, -0.1) is 0 Å². The molecule has 0 saturated heterocycles. The molecule has 0 atom stereocenters. The first-order valence-corrected chi connectivity index (χ1v) is 7.04. The summed E-state index contributed by atoms with van der Waals surface area (Å²) < 4.78 is 5.45. The molecule has 2 heterocycles. The maximum absolute atomic E-state index is 5.45. The average molecular weight is 276 g/mol. The smallest absolute Gasteiger partial charge is 0.145 e. The maximum Gasteiger partial charge on any atom is 0.145 e. The molecule has 1 N–H and O–H groups in total. The van der Waals surface area contributed by atoms with Crippen LogP contribution < -0.4 is 4.74 Å². The molecule has 0 aliphatic carbocycles. The van der Waals surface area contributed by atoms with Crippen molar-refractivity contribution in [1.82, 2.24) is 9.97 Å². The van der Waals surface area contributed by atoms with Crippen LogP contribution in [-0.2, 0) is 0 Å². The van der Waals surface area contributed by atoms with Crippen molar-refractivity contribution >= 4 is 32.6 Å². The van der Waals surface area contributed by atoms with Gasteiger partial charge in [0.1, 0.15) is 11.3 Å². The fourth-order valence-corrected chi connectivity index (χ4v) is 3.16. The monoisotopic (exact) mass is 276 g/mol. The molecule has 4 aromatic rings. The number of fused-ring (bicyclic) bond motifs is 4. The maximum atomic E-state index is 5.45. The van der Waals surface area contributed by atoms with Crippen LogP contribution in [0.1, 0.15) is 11.3 Å². The van der Waals surface area contributed by atoms with E-state index in [4.69, 9.17) is 9.72 Å². The molecule has 4 rings (SSSR count). The third kappa shape index (κ3) is 1.57. The molecular weight excluding hydrogens is 260 g/mol. The number of pyridine rings is 1. The number of nitrogens with zero attached hydrogens (tertiary/aromatic N) is 1. The van der Waals surface area contributed by atoms with Gasteiger partial charge in [-0.2, -0.15) is 0 Å². The third-order valence-electron chi connectivity index (χ3n) is 4.28. The molecule has 3 nitrogen and oxygen atoms in total. The Kier molecular flexibility index (Phi) is 2.45. The number of aryl methyl sites for hydroxylation is 2. The van der Waals surface area contributed by atoms with Gasteiger partial charge in [-0.25, -0.2) is 4.98 Å². The summed E-state index contributed by atoms with van der Waals surface area (Å²) >= 11 is 0. The molecule has 0 radical (unpaired) electrons. The fraction of sp³-hybridized carbons (Fsp3) is 0.167. The van der Waals surface area contributed by atoms with E-state index in [0.717, 1.165) is 22.2 Å². The van der Waals surface area contributed by atoms with Crippen molar-refractivity contribution in [1.29, 1.82) is 0 Å². The SMILES string of the molecule is COc1cccc2c1nc1c(C)c3cc[nH]c(C)c3cc12. The first kappa shape index (κ1) is 12.2. The van der Waals surface area contributed by atoms with Crippen LogP contribution in [0.5, 0.6) is 5.75 Å². The van der Waals surface area contributed by atoms with Crippen molar-refractivity contribution in [3.8, 4) is 5.75 Å². The number of hydrogen-bond donors (Lipinski definition) is 1. The first-order valence-electron chi connectivity index (χ1n) is 7.04. The second-order valence-electron chi connectivity index (χ2n) is 5.43. The number of aromatic amines is 1. The van der Waals surface area contributed by atoms with Crippen molar-refractivity contribution in [3.05, 3.63) is 47.8 Å². The standard InChI is InChI=1S/C18H16N2O/c1-10-12-7-8-19-11(2)14(12)9-15-13-5-4-6-16(21-3)18(13)20-17(10)15/h4-9,19H,1-3H3. The van der Waals surface area contributed by atoms with E-state index >= 15 is 0 Å². The Hall–Kier alpha value is -2.55. The van der Waals surface area contributed by atoms with Gasteiger partial charge in [0.05, 0.1) is 12.6 Å². The normalized spacial score (nSPS) is 11.6. The van der Waals surface area contributed by atoms with Gasteiger partial charge in [0, 0.05) is 28.0 Å². The fourth-order valence-electron chi connectivity index (χ4n) is 3.16. The largest absolute Gasteiger partial charge is 0.494 e. The minimum absolute atomic E-state index is 0.829. The second kappa shape index (κ2) is 4.22. The van der Waals surface area contributed by atoms with E-state index in [1.807, 2.05) is 18.3 Å². The van der Waals surface area contributed by atoms with E-state index in [-0.39, 0.29) is 0 Å². The van der Waals surface area contributed by atoms with E-state index in [0.29, 0.717) is 0 Å². The van der Waals surface area contributed by atoms with Crippen molar-refractivity contribution in [2.24, 2.45) is 0 Å². The molecule has 0 fully saturated rings. The van der Waals surface area contributed by atoms with Gasteiger partial charge in [0.2, 0.25) is 0 Å². The van der Waals surface area contributed by atoms with E-state index < -0.39 is 0 Å². The highest BCUT2D eigenvalue weighted by Crippen LogP contribution is 2.36. The summed E-state index contributed by atoms with van der Waals surface area (Å²) in [5, 5.41) is 4.84. The van der Waals surface area contributed by atoms with Crippen LogP contribution in [0, 0.1) is 13.8 Å².